The Balaban J connectivity index is 1.90. The molecule has 1 aliphatic heterocycles. The van der Waals surface area contributed by atoms with Gasteiger partial charge in [0.15, 0.2) is 0 Å². The number of hydrogen-bond acceptors (Lipinski definition) is 4. The minimum atomic E-state index is -0.478. The zero-order chi connectivity index (χ0) is 15.6. The average molecular weight is 352 g/mol. The molecule has 1 aliphatic rings. The Kier molecular flexibility index (Phi) is 4.43. The van der Waals surface area contributed by atoms with Crippen LogP contribution in [-0.4, -0.2) is 35.7 Å². The lowest BCUT2D eigenvalue weighted by molar-refractivity contribution is 0.0105. The van der Waals surface area contributed by atoms with Crippen molar-refractivity contribution in [2.75, 3.05) is 18.4 Å². The van der Waals surface area contributed by atoms with Gasteiger partial charge in [-0.15, -0.1) is 0 Å². The van der Waals surface area contributed by atoms with Crippen molar-refractivity contribution in [3.63, 3.8) is 0 Å². The number of ether oxygens (including phenoxy) is 1. The van der Waals surface area contributed by atoms with Crippen molar-refractivity contribution in [3.05, 3.63) is 28.2 Å². The van der Waals surface area contributed by atoms with Gasteiger partial charge < -0.3 is 15.0 Å². The van der Waals surface area contributed by atoms with E-state index < -0.39 is 5.60 Å². The first-order valence-electron chi connectivity index (χ1n) is 6.72. The number of nitrogens with one attached hydrogen (secondary N) is 1. The number of hydrogen-bond donors (Lipinski definition) is 1. The quantitative estimate of drug-likeness (QED) is 0.887. The molecule has 1 heterocycles. The molecule has 0 saturated carbocycles. The molecule has 0 radical (unpaired) electrons. The highest BCUT2D eigenvalue weighted by Gasteiger charge is 2.33. The highest BCUT2D eigenvalue weighted by atomic mass is 79.9. The lowest BCUT2D eigenvalue weighted by Gasteiger charge is -2.40. The molecule has 21 heavy (non-hydrogen) atoms. The lowest BCUT2D eigenvalue weighted by atomic mass is 10.1. The van der Waals surface area contributed by atoms with Crippen molar-refractivity contribution in [2.45, 2.75) is 32.4 Å². The number of benzene rings is 1. The van der Waals surface area contributed by atoms with E-state index in [-0.39, 0.29) is 12.1 Å². The predicted octanol–water partition coefficient (Wildman–Crippen LogP) is 3.35. The van der Waals surface area contributed by atoms with Gasteiger partial charge in [0.25, 0.3) is 0 Å². The van der Waals surface area contributed by atoms with Crippen LogP contribution in [0.2, 0.25) is 0 Å². The van der Waals surface area contributed by atoms with Crippen LogP contribution in [0.25, 0.3) is 0 Å². The molecule has 1 aromatic carbocycles. The summed E-state index contributed by atoms with van der Waals surface area (Å²) in [7, 11) is 0. The summed E-state index contributed by atoms with van der Waals surface area (Å²) >= 11 is 3.39. The summed E-state index contributed by atoms with van der Waals surface area (Å²) in [6.45, 7) is 6.70. The Morgan fingerprint density at radius 1 is 1.48 bits per heavy atom. The lowest BCUT2D eigenvalue weighted by Crippen LogP contribution is -2.58. The number of nitriles is 1. The molecule has 1 aromatic rings. The Morgan fingerprint density at radius 2 is 2.14 bits per heavy atom. The number of anilines is 1. The second kappa shape index (κ2) is 5.94. The normalized spacial score (nSPS) is 15.1. The first kappa shape index (κ1) is 15.6. The fraction of sp³-hybridized carbons (Fsp3) is 0.467. The van der Waals surface area contributed by atoms with Crippen molar-refractivity contribution in [1.82, 2.24) is 4.90 Å². The van der Waals surface area contributed by atoms with Gasteiger partial charge in [-0.3, -0.25) is 0 Å². The van der Waals surface area contributed by atoms with Gasteiger partial charge in [-0.25, -0.2) is 4.79 Å². The zero-order valence-electron chi connectivity index (χ0n) is 12.3. The molecule has 0 atom stereocenters. The largest absolute Gasteiger partial charge is 0.444 e. The summed E-state index contributed by atoms with van der Waals surface area (Å²) in [5.74, 6) is 0. The molecule has 1 amide bonds. The monoisotopic (exact) mass is 351 g/mol. The summed E-state index contributed by atoms with van der Waals surface area (Å²) in [4.78, 5) is 13.5. The Hall–Kier alpha value is -1.74. The van der Waals surface area contributed by atoms with Gasteiger partial charge in [0.2, 0.25) is 0 Å². The Morgan fingerprint density at radius 3 is 2.71 bits per heavy atom. The van der Waals surface area contributed by atoms with Crippen LogP contribution in [0.5, 0.6) is 0 Å². The van der Waals surface area contributed by atoms with Crippen LogP contribution in [0.1, 0.15) is 26.3 Å². The van der Waals surface area contributed by atoms with Crippen LogP contribution >= 0.6 is 15.9 Å². The second-order valence-corrected chi connectivity index (χ2v) is 6.94. The molecule has 0 spiro atoms. The smallest absolute Gasteiger partial charge is 0.410 e. The number of carbonyl (C=O) groups excluding carboxylic acids is 1. The van der Waals surface area contributed by atoms with Crippen LogP contribution in [0.15, 0.2) is 22.7 Å². The molecule has 1 N–H and O–H groups in total. The van der Waals surface area contributed by atoms with E-state index in [0.29, 0.717) is 18.7 Å². The molecule has 0 aliphatic carbocycles. The Bertz CT molecular complexity index is 584. The van der Waals surface area contributed by atoms with Gasteiger partial charge >= 0.3 is 6.09 Å². The van der Waals surface area contributed by atoms with Gasteiger partial charge in [-0.05, 0) is 39.0 Å². The first-order valence-corrected chi connectivity index (χ1v) is 7.52. The third-order valence-electron chi connectivity index (χ3n) is 2.99. The van der Waals surface area contributed by atoms with E-state index in [1.54, 1.807) is 11.0 Å². The minimum Gasteiger partial charge on any atom is -0.444 e. The molecule has 1 fully saturated rings. The van der Waals surface area contributed by atoms with Crippen molar-refractivity contribution in [2.24, 2.45) is 0 Å². The summed E-state index contributed by atoms with van der Waals surface area (Å²) in [5.41, 5.74) is 0.892. The van der Waals surface area contributed by atoms with Crippen molar-refractivity contribution < 1.29 is 9.53 Å². The van der Waals surface area contributed by atoms with Gasteiger partial charge in [-0.1, -0.05) is 15.9 Å². The maximum atomic E-state index is 11.8. The molecular weight excluding hydrogens is 334 g/mol. The molecule has 1 saturated heterocycles. The second-order valence-electron chi connectivity index (χ2n) is 6.03. The van der Waals surface area contributed by atoms with E-state index in [2.05, 4.69) is 27.3 Å². The van der Waals surface area contributed by atoms with Gasteiger partial charge in [0, 0.05) is 17.6 Å². The third kappa shape index (κ3) is 4.11. The van der Waals surface area contributed by atoms with Crippen LogP contribution in [-0.2, 0) is 4.74 Å². The fourth-order valence-electron chi connectivity index (χ4n) is 2.00. The molecule has 6 heteroatoms. The molecule has 2 rings (SSSR count). The summed E-state index contributed by atoms with van der Waals surface area (Å²) in [6, 6.07) is 7.75. The van der Waals surface area contributed by atoms with E-state index in [9.17, 15) is 4.79 Å². The van der Waals surface area contributed by atoms with Gasteiger partial charge in [-0.2, -0.15) is 5.26 Å². The molecule has 0 bridgehead atoms. The number of halogens is 1. The van der Waals surface area contributed by atoms with E-state index in [1.807, 2.05) is 32.9 Å². The SMILES string of the molecule is CC(C)(C)OC(=O)N1CC(Nc2cc(Br)ccc2C#N)C1. The third-order valence-corrected chi connectivity index (χ3v) is 3.49. The topological polar surface area (TPSA) is 65.4 Å². The van der Waals surface area contributed by atoms with Gasteiger partial charge in [0.1, 0.15) is 11.7 Å². The van der Waals surface area contributed by atoms with Crippen molar-refractivity contribution >= 4 is 27.7 Å². The number of carbonyl (C=O) groups is 1. The number of rotatable bonds is 2. The summed E-state index contributed by atoms with van der Waals surface area (Å²) in [5, 5.41) is 12.4. The average Bonchev–Trinajstić information content (AvgIpc) is 2.31. The van der Waals surface area contributed by atoms with Crippen LogP contribution in [0.3, 0.4) is 0 Å². The zero-order valence-corrected chi connectivity index (χ0v) is 13.9. The van der Waals surface area contributed by atoms with E-state index in [1.165, 1.54) is 0 Å². The highest BCUT2D eigenvalue weighted by molar-refractivity contribution is 9.10. The molecule has 112 valence electrons. The Labute approximate surface area is 133 Å². The van der Waals surface area contributed by atoms with E-state index in [0.717, 1.165) is 10.2 Å². The first-order chi connectivity index (χ1) is 9.78. The summed E-state index contributed by atoms with van der Waals surface area (Å²) < 4.78 is 6.21. The number of likely N-dealkylation sites (tertiary alicyclic amines) is 1. The van der Waals surface area contributed by atoms with Crippen molar-refractivity contribution in [3.8, 4) is 6.07 Å². The van der Waals surface area contributed by atoms with Crippen LogP contribution in [0, 0.1) is 11.3 Å². The minimum absolute atomic E-state index is 0.138. The number of amides is 1. The molecule has 0 aromatic heterocycles. The number of nitrogens with zero attached hydrogens (tertiary/aromatic N) is 2. The highest BCUT2D eigenvalue weighted by Crippen LogP contribution is 2.24. The molecule has 5 nitrogen and oxygen atoms in total. The maximum absolute atomic E-state index is 11.8. The summed E-state index contributed by atoms with van der Waals surface area (Å²) in [6.07, 6.45) is -0.296. The van der Waals surface area contributed by atoms with E-state index in [4.69, 9.17) is 10.00 Å². The molecule has 0 unspecified atom stereocenters. The maximum Gasteiger partial charge on any atom is 0.410 e. The fourth-order valence-corrected chi connectivity index (χ4v) is 2.36. The van der Waals surface area contributed by atoms with Crippen LogP contribution in [0.4, 0.5) is 10.5 Å². The van der Waals surface area contributed by atoms with Gasteiger partial charge in [0.05, 0.1) is 17.3 Å². The standard InChI is InChI=1S/C15H18BrN3O2/c1-15(2,3)21-14(20)19-8-12(9-19)18-13-6-11(16)5-4-10(13)7-17/h4-6,12,18H,8-9H2,1-3H3. The van der Waals surface area contributed by atoms with E-state index >= 15 is 0 Å². The molecular formula is C15H18BrN3O2. The van der Waals surface area contributed by atoms with Crippen LogP contribution < -0.4 is 5.32 Å². The predicted molar refractivity (Wildman–Crippen MR) is 84.1 cm³/mol. The van der Waals surface area contributed by atoms with Crippen molar-refractivity contribution in [1.29, 1.82) is 5.26 Å².